The van der Waals surface area contributed by atoms with Gasteiger partial charge in [-0.25, -0.2) is 14.0 Å². The highest BCUT2D eigenvalue weighted by molar-refractivity contribution is 6.31. The Bertz CT molecular complexity index is 524. The summed E-state index contributed by atoms with van der Waals surface area (Å²) in [6, 6.07) is 3.60. The zero-order valence-electron chi connectivity index (χ0n) is 11.2. The summed E-state index contributed by atoms with van der Waals surface area (Å²) in [5, 5.41) is 13.8. The number of carboxylic acid groups (broad SMARTS) is 1. The molecule has 0 heterocycles. The van der Waals surface area contributed by atoms with E-state index in [0.29, 0.717) is 5.56 Å². The van der Waals surface area contributed by atoms with E-state index in [9.17, 15) is 14.0 Å². The summed E-state index contributed by atoms with van der Waals surface area (Å²) < 4.78 is 13.2. The Hall–Kier alpha value is -1.82. The van der Waals surface area contributed by atoms with E-state index in [1.54, 1.807) is 13.0 Å². The molecule has 1 unspecified atom stereocenters. The van der Waals surface area contributed by atoms with Crippen molar-refractivity contribution in [1.29, 1.82) is 0 Å². The van der Waals surface area contributed by atoms with Crippen LogP contribution >= 0.6 is 11.6 Å². The highest BCUT2D eigenvalue weighted by Gasteiger charge is 2.32. The lowest BCUT2D eigenvalue weighted by Crippen LogP contribution is -2.54. The minimum atomic E-state index is -1.35. The Labute approximate surface area is 121 Å². The van der Waals surface area contributed by atoms with Gasteiger partial charge >= 0.3 is 12.0 Å². The zero-order chi connectivity index (χ0) is 15.3. The van der Waals surface area contributed by atoms with Crippen LogP contribution in [0.2, 0.25) is 5.02 Å². The number of carboxylic acids is 1. The topological polar surface area (TPSA) is 78.4 Å². The molecule has 110 valence electrons. The molecule has 0 radical (unpaired) electrons. The Morgan fingerprint density at radius 3 is 2.65 bits per heavy atom. The number of rotatable bonds is 5. The van der Waals surface area contributed by atoms with E-state index in [-0.39, 0.29) is 18.0 Å². The van der Waals surface area contributed by atoms with E-state index in [4.69, 9.17) is 16.7 Å². The number of aliphatic carboxylic acids is 1. The van der Waals surface area contributed by atoms with Crippen molar-refractivity contribution in [3.05, 3.63) is 34.6 Å². The fourth-order valence-corrected chi connectivity index (χ4v) is 1.64. The molecule has 1 rings (SSSR count). The fraction of sp³-hybridized carbons (Fsp3) is 0.385. The molecule has 3 N–H and O–H groups in total. The summed E-state index contributed by atoms with van der Waals surface area (Å²) in [7, 11) is 0. The van der Waals surface area contributed by atoms with E-state index in [0.717, 1.165) is 0 Å². The van der Waals surface area contributed by atoms with Crippen LogP contribution in [0, 0.1) is 5.82 Å². The molecule has 0 aliphatic heterocycles. The van der Waals surface area contributed by atoms with E-state index in [1.165, 1.54) is 19.1 Å². The molecular formula is C13H16ClFN2O3. The van der Waals surface area contributed by atoms with Crippen LogP contribution in [0.15, 0.2) is 18.2 Å². The lowest BCUT2D eigenvalue weighted by atomic mass is 10.00. The maximum Gasteiger partial charge on any atom is 0.329 e. The summed E-state index contributed by atoms with van der Waals surface area (Å²) in [6.45, 7) is 3.06. The third-order valence-electron chi connectivity index (χ3n) is 3.04. The first-order valence-corrected chi connectivity index (χ1v) is 6.40. The van der Waals surface area contributed by atoms with Gasteiger partial charge in [0.1, 0.15) is 11.4 Å². The van der Waals surface area contributed by atoms with Crippen molar-refractivity contribution in [1.82, 2.24) is 10.6 Å². The highest BCUT2D eigenvalue weighted by atomic mass is 35.5. The van der Waals surface area contributed by atoms with Gasteiger partial charge in [-0.1, -0.05) is 30.7 Å². The number of carbonyl (C=O) groups excluding carboxylic acids is 1. The van der Waals surface area contributed by atoms with Gasteiger partial charge in [-0.15, -0.1) is 0 Å². The number of amides is 2. The van der Waals surface area contributed by atoms with Gasteiger partial charge in [-0.3, -0.25) is 0 Å². The number of urea groups is 1. The summed E-state index contributed by atoms with van der Waals surface area (Å²) >= 11 is 5.75. The van der Waals surface area contributed by atoms with Crippen LogP contribution in [-0.2, 0) is 11.3 Å². The van der Waals surface area contributed by atoms with Gasteiger partial charge in [0, 0.05) is 6.54 Å². The molecule has 1 atom stereocenters. The summed E-state index contributed by atoms with van der Waals surface area (Å²) in [5.41, 5.74) is -0.939. The molecule has 5 nitrogen and oxygen atoms in total. The van der Waals surface area contributed by atoms with Crippen LogP contribution in [0.5, 0.6) is 0 Å². The normalized spacial score (nSPS) is 13.4. The van der Waals surface area contributed by atoms with Gasteiger partial charge < -0.3 is 15.7 Å². The van der Waals surface area contributed by atoms with Crippen molar-refractivity contribution >= 4 is 23.6 Å². The van der Waals surface area contributed by atoms with Crippen molar-refractivity contribution in [3.63, 3.8) is 0 Å². The molecule has 0 fully saturated rings. The number of halogens is 2. The van der Waals surface area contributed by atoms with Crippen LogP contribution in [0.1, 0.15) is 25.8 Å². The number of benzene rings is 1. The van der Waals surface area contributed by atoms with Crippen LogP contribution in [0.4, 0.5) is 9.18 Å². The minimum absolute atomic E-state index is 0.00183. The molecule has 0 saturated heterocycles. The lowest BCUT2D eigenvalue weighted by molar-refractivity contribution is -0.143. The molecule has 0 saturated carbocycles. The summed E-state index contributed by atoms with van der Waals surface area (Å²) in [6.07, 6.45) is 0.233. The fourth-order valence-electron chi connectivity index (χ4n) is 1.45. The molecule has 7 heteroatoms. The smallest absolute Gasteiger partial charge is 0.329 e. The maximum atomic E-state index is 13.2. The molecule has 0 spiro atoms. The molecule has 0 bridgehead atoms. The van der Waals surface area contributed by atoms with Crippen molar-refractivity contribution in [2.45, 2.75) is 32.4 Å². The van der Waals surface area contributed by atoms with Crippen LogP contribution in [-0.4, -0.2) is 22.6 Å². The molecule has 2 amide bonds. The van der Waals surface area contributed by atoms with Crippen LogP contribution in [0.3, 0.4) is 0 Å². The first-order valence-electron chi connectivity index (χ1n) is 6.02. The summed E-state index contributed by atoms with van der Waals surface area (Å²) in [5.74, 6) is -1.70. The van der Waals surface area contributed by atoms with E-state index in [1.807, 2.05) is 0 Å². The lowest BCUT2D eigenvalue weighted by Gasteiger charge is -2.24. The van der Waals surface area contributed by atoms with Crippen LogP contribution in [0.25, 0.3) is 0 Å². The van der Waals surface area contributed by atoms with Crippen molar-refractivity contribution in [2.24, 2.45) is 0 Å². The number of carbonyl (C=O) groups is 2. The standard InChI is InChI=1S/C13H16ClFN2O3/c1-3-13(2,11(18)19)17-12(20)16-7-8-5-4-6-9(15)10(8)14/h4-6H,3,7H2,1-2H3,(H,18,19)(H2,16,17,20). The predicted molar refractivity (Wildman–Crippen MR) is 73.1 cm³/mol. The van der Waals surface area contributed by atoms with Gasteiger partial charge in [-0.2, -0.15) is 0 Å². The molecule has 1 aromatic carbocycles. The highest BCUT2D eigenvalue weighted by Crippen LogP contribution is 2.19. The van der Waals surface area contributed by atoms with E-state index in [2.05, 4.69) is 10.6 Å². The van der Waals surface area contributed by atoms with Crippen molar-refractivity contribution in [2.75, 3.05) is 0 Å². The second-order valence-electron chi connectivity index (χ2n) is 4.51. The van der Waals surface area contributed by atoms with Gasteiger partial charge in [0.15, 0.2) is 0 Å². The molecule has 1 aromatic rings. The first-order chi connectivity index (χ1) is 9.30. The van der Waals surface area contributed by atoms with Crippen molar-refractivity contribution < 1.29 is 19.1 Å². The Morgan fingerprint density at radius 2 is 2.10 bits per heavy atom. The van der Waals surface area contributed by atoms with Gasteiger partial charge in [-0.05, 0) is 25.0 Å². The predicted octanol–water partition coefficient (Wildman–Crippen LogP) is 2.53. The molecule has 20 heavy (non-hydrogen) atoms. The SMILES string of the molecule is CCC(C)(NC(=O)NCc1cccc(F)c1Cl)C(=O)O. The second kappa shape index (κ2) is 6.56. The molecule has 0 aromatic heterocycles. The van der Waals surface area contributed by atoms with E-state index >= 15 is 0 Å². The Balaban J connectivity index is 2.64. The van der Waals surface area contributed by atoms with Gasteiger partial charge in [0.05, 0.1) is 5.02 Å². The maximum absolute atomic E-state index is 13.2. The van der Waals surface area contributed by atoms with Crippen LogP contribution < -0.4 is 10.6 Å². The third-order valence-corrected chi connectivity index (χ3v) is 3.46. The molecular weight excluding hydrogens is 287 g/mol. The molecule has 0 aliphatic carbocycles. The Morgan fingerprint density at radius 1 is 1.45 bits per heavy atom. The monoisotopic (exact) mass is 302 g/mol. The largest absolute Gasteiger partial charge is 0.480 e. The van der Waals surface area contributed by atoms with Crippen molar-refractivity contribution in [3.8, 4) is 0 Å². The number of hydrogen-bond acceptors (Lipinski definition) is 2. The third kappa shape index (κ3) is 3.84. The molecule has 0 aliphatic rings. The average Bonchev–Trinajstić information content (AvgIpc) is 2.40. The number of hydrogen-bond donors (Lipinski definition) is 3. The first kappa shape index (κ1) is 16.2. The second-order valence-corrected chi connectivity index (χ2v) is 4.89. The summed E-state index contributed by atoms with van der Waals surface area (Å²) in [4.78, 5) is 22.7. The average molecular weight is 303 g/mol. The van der Waals surface area contributed by atoms with E-state index < -0.39 is 23.4 Å². The number of nitrogens with one attached hydrogen (secondary N) is 2. The Kier molecular flexibility index (Phi) is 5.33. The zero-order valence-corrected chi connectivity index (χ0v) is 11.9. The van der Waals surface area contributed by atoms with Gasteiger partial charge in [0.25, 0.3) is 0 Å². The quantitative estimate of drug-likeness (QED) is 0.782. The van der Waals surface area contributed by atoms with Gasteiger partial charge in [0.2, 0.25) is 0 Å². The minimum Gasteiger partial charge on any atom is -0.480 e.